The van der Waals surface area contributed by atoms with Crippen molar-refractivity contribution in [2.45, 2.75) is 31.4 Å². The van der Waals surface area contributed by atoms with E-state index in [2.05, 4.69) is 21.2 Å². The monoisotopic (exact) mass is 323 g/mol. The zero-order valence-corrected chi connectivity index (χ0v) is 12.3. The fraction of sp³-hybridized carbons (Fsp3) is 0.636. The summed E-state index contributed by atoms with van der Waals surface area (Å²) in [7, 11) is 1.99. The van der Waals surface area contributed by atoms with Crippen LogP contribution in [-0.2, 0) is 4.74 Å². The molecule has 90 valence electrons. The van der Waals surface area contributed by atoms with Crippen LogP contribution in [0.3, 0.4) is 0 Å². The quantitative estimate of drug-likeness (QED) is 0.904. The molecule has 1 saturated heterocycles. The van der Waals surface area contributed by atoms with E-state index in [1.54, 1.807) is 11.3 Å². The maximum atomic E-state index is 6.05. The van der Waals surface area contributed by atoms with Crippen molar-refractivity contribution in [1.82, 2.24) is 5.32 Å². The van der Waals surface area contributed by atoms with Crippen molar-refractivity contribution in [3.63, 3.8) is 0 Å². The third kappa shape index (κ3) is 2.99. The Morgan fingerprint density at radius 1 is 1.75 bits per heavy atom. The van der Waals surface area contributed by atoms with Crippen LogP contribution in [0.25, 0.3) is 0 Å². The first-order valence-electron chi connectivity index (χ1n) is 5.44. The first-order chi connectivity index (χ1) is 7.70. The third-order valence-electron chi connectivity index (χ3n) is 2.88. The summed E-state index contributed by atoms with van der Waals surface area (Å²) in [5.41, 5.74) is 0. The molecule has 0 aliphatic carbocycles. The number of rotatable bonds is 4. The van der Waals surface area contributed by atoms with Crippen LogP contribution in [0.1, 0.15) is 30.2 Å². The fourth-order valence-corrected chi connectivity index (χ4v) is 3.87. The molecule has 1 aliphatic rings. The fourth-order valence-electron chi connectivity index (χ4n) is 2.00. The molecule has 2 unspecified atom stereocenters. The Balaban J connectivity index is 2.03. The molecule has 0 saturated carbocycles. The predicted octanol–water partition coefficient (Wildman–Crippen LogP) is 3.99. The van der Waals surface area contributed by atoms with Crippen LogP contribution in [-0.4, -0.2) is 19.8 Å². The molecule has 0 bridgehead atoms. The van der Waals surface area contributed by atoms with E-state index < -0.39 is 0 Å². The van der Waals surface area contributed by atoms with E-state index >= 15 is 0 Å². The number of nitrogens with one attached hydrogen (secondary N) is 1. The standard InChI is InChI=1S/C11H15BrClNOS/c1-14-9(5-7-3-2-4-15-7)10-6-8(13)11(12)16-10/h6-7,9,14H,2-5H2,1H3. The SMILES string of the molecule is CNC(CC1CCCO1)c1cc(Cl)c(Br)s1. The zero-order valence-electron chi connectivity index (χ0n) is 9.13. The van der Waals surface area contributed by atoms with E-state index in [1.165, 1.54) is 17.7 Å². The van der Waals surface area contributed by atoms with E-state index in [-0.39, 0.29) is 0 Å². The van der Waals surface area contributed by atoms with Crippen molar-refractivity contribution in [3.8, 4) is 0 Å². The van der Waals surface area contributed by atoms with Gasteiger partial charge in [0.2, 0.25) is 0 Å². The van der Waals surface area contributed by atoms with Gasteiger partial charge in [0.15, 0.2) is 0 Å². The molecule has 2 atom stereocenters. The minimum atomic E-state index is 0.344. The van der Waals surface area contributed by atoms with Gasteiger partial charge in [0.1, 0.15) is 0 Å². The second-order valence-corrected chi connectivity index (χ2v) is 6.79. The van der Waals surface area contributed by atoms with Crippen molar-refractivity contribution < 1.29 is 4.74 Å². The van der Waals surface area contributed by atoms with Crippen LogP contribution in [0.5, 0.6) is 0 Å². The molecule has 1 aromatic heterocycles. The molecular weight excluding hydrogens is 310 g/mol. The van der Waals surface area contributed by atoms with Gasteiger partial charge in [0, 0.05) is 17.5 Å². The summed E-state index contributed by atoms with van der Waals surface area (Å²) in [6, 6.07) is 2.38. The number of hydrogen-bond donors (Lipinski definition) is 1. The minimum absolute atomic E-state index is 0.344. The molecular formula is C11H15BrClNOS. The molecule has 1 N–H and O–H groups in total. The first kappa shape index (κ1) is 12.8. The number of hydrogen-bond acceptors (Lipinski definition) is 3. The second kappa shape index (κ2) is 5.83. The van der Waals surface area contributed by atoms with Gasteiger partial charge in [-0.05, 0) is 48.3 Å². The predicted molar refractivity (Wildman–Crippen MR) is 72.4 cm³/mol. The molecule has 2 nitrogen and oxygen atoms in total. The van der Waals surface area contributed by atoms with Crippen LogP contribution in [0.2, 0.25) is 5.02 Å². The number of halogens is 2. The molecule has 1 fully saturated rings. The smallest absolute Gasteiger partial charge is 0.0887 e. The lowest BCUT2D eigenvalue weighted by Crippen LogP contribution is -2.21. The molecule has 0 aromatic carbocycles. The van der Waals surface area contributed by atoms with Crippen LogP contribution in [0, 0.1) is 0 Å². The van der Waals surface area contributed by atoms with E-state index in [0.29, 0.717) is 12.1 Å². The Kier molecular flexibility index (Phi) is 4.67. The van der Waals surface area contributed by atoms with Crippen molar-refractivity contribution in [1.29, 1.82) is 0 Å². The highest BCUT2D eigenvalue weighted by molar-refractivity contribution is 9.11. The summed E-state index contributed by atoms with van der Waals surface area (Å²) in [5, 5.41) is 4.14. The van der Waals surface area contributed by atoms with E-state index in [4.69, 9.17) is 16.3 Å². The van der Waals surface area contributed by atoms with Gasteiger partial charge in [0.25, 0.3) is 0 Å². The van der Waals surface area contributed by atoms with Gasteiger partial charge in [-0.25, -0.2) is 0 Å². The highest BCUT2D eigenvalue weighted by atomic mass is 79.9. The lowest BCUT2D eigenvalue weighted by Gasteiger charge is -2.18. The van der Waals surface area contributed by atoms with Crippen LogP contribution >= 0.6 is 38.9 Å². The van der Waals surface area contributed by atoms with Gasteiger partial charge in [-0.1, -0.05) is 11.6 Å². The van der Waals surface area contributed by atoms with Gasteiger partial charge in [0.05, 0.1) is 14.9 Å². The van der Waals surface area contributed by atoms with Crippen molar-refractivity contribution in [2.24, 2.45) is 0 Å². The van der Waals surface area contributed by atoms with Crippen LogP contribution in [0.4, 0.5) is 0 Å². The summed E-state index contributed by atoms with van der Waals surface area (Å²) < 4.78 is 6.67. The summed E-state index contributed by atoms with van der Waals surface area (Å²) in [4.78, 5) is 1.27. The Labute approximate surface area is 113 Å². The summed E-state index contributed by atoms with van der Waals surface area (Å²) in [6.07, 6.45) is 3.80. The molecule has 0 spiro atoms. The first-order valence-corrected chi connectivity index (χ1v) is 7.43. The van der Waals surface area contributed by atoms with Crippen molar-refractivity contribution in [3.05, 3.63) is 19.8 Å². The molecule has 0 radical (unpaired) electrons. The van der Waals surface area contributed by atoms with Gasteiger partial charge >= 0.3 is 0 Å². The highest BCUT2D eigenvalue weighted by Gasteiger charge is 2.22. The molecule has 1 aromatic rings. The normalized spacial score (nSPS) is 22.6. The maximum absolute atomic E-state index is 6.05. The number of ether oxygens (including phenoxy) is 1. The summed E-state index contributed by atoms with van der Waals surface area (Å²) >= 11 is 11.2. The van der Waals surface area contributed by atoms with E-state index in [0.717, 1.165) is 21.8 Å². The zero-order chi connectivity index (χ0) is 11.5. The Morgan fingerprint density at radius 2 is 2.56 bits per heavy atom. The molecule has 2 heterocycles. The Morgan fingerprint density at radius 3 is 3.06 bits per heavy atom. The van der Waals surface area contributed by atoms with Crippen LogP contribution in [0.15, 0.2) is 9.85 Å². The molecule has 0 amide bonds. The molecule has 16 heavy (non-hydrogen) atoms. The largest absolute Gasteiger partial charge is 0.378 e. The lowest BCUT2D eigenvalue weighted by atomic mass is 10.1. The van der Waals surface area contributed by atoms with E-state index in [1.807, 2.05) is 13.1 Å². The maximum Gasteiger partial charge on any atom is 0.0887 e. The van der Waals surface area contributed by atoms with Gasteiger partial charge in [-0.2, -0.15) is 0 Å². The Bertz CT molecular complexity index is 332. The Hall–Kier alpha value is 0.390. The van der Waals surface area contributed by atoms with E-state index in [9.17, 15) is 0 Å². The molecule has 5 heteroatoms. The highest BCUT2D eigenvalue weighted by Crippen LogP contribution is 2.37. The minimum Gasteiger partial charge on any atom is -0.378 e. The average Bonchev–Trinajstić information content (AvgIpc) is 2.86. The third-order valence-corrected chi connectivity index (χ3v) is 5.47. The van der Waals surface area contributed by atoms with Gasteiger partial charge < -0.3 is 10.1 Å². The van der Waals surface area contributed by atoms with Gasteiger partial charge in [-0.3, -0.25) is 0 Å². The lowest BCUT2D eigenvalue weighted by molar-refractivity contribution is 0.0957. The second-order valence-electron chi connectivity index (χ2n) is 3.98. The van der Waals surface area contributed by atoms with Gasteiger partial charge in [-0.15, -0.1) is 11.3 Å². The number of thiophene rings is 1. The summed E-state index contributed by atoms with van der Waals surface area (Å²) in [6.45, 7) is 0.913. The average molecular weight is 325 g/mol. The van der Waals surface area contributed by atoms with Crippen molar-refractivity contribution >= 4 is 38.9 Å². The topological polar surface area (TPSA) is 21.3 Å². The van der Waals surface area contributed by atoms with Crippen LogP contribution < -0.4 is 5.32 Å². The molecule has 2 rings (SSSR count). The molecule has 1 aliphatic heterocycles. The van der Waals surface area contributed by atoms with Crippen molar-refractivity contribution in [2.75, 3.05) is 13.7 Å². The summed E-state index contributed by atoms with van der Waals surface area (Å²) in [5.74, 6) is 0.